The minimum atomic E-state index is -0.373. The zero-order valence-corrected chi connectivity index (χ0v) is 12.1. The molecule has 1 heterocycles. The van der Waals surface area contributed by atoms with Gasteiger partial charge in [-0.05, 0) is 31.7 Å². The number of aryl methyl sites for hydroxylation is 1. The number of nitro groups is 1. The Labute approximate surface area is 118 Å². The highest BCUT2D eigenvalue weighted by Crippen LogP contribution is 2.37. The van der Waals surface area contributed by atoms with Gasteiger partial charge in [0.2, 0.25) is 5.82 Å². The first-order valence-electron chi connectivity index (χ1n) is 7.08. The Balaban J connectivity index is 2.37. The van der Waals surface area contributed by atoms with Crippen molar-refractivity contribution < 1.29 is 4.92 Å². The fourth-order valence-electron chi connectivity index (χ4n) is 3.06. The molecule has 0 aliphatic heterocycles. The van der Waals surface area contributed by atoms with E-state index in [1.54, 1.807) is 19.2 Å². The van der Waals surface area contributed by atoms with Crippen LogP contribution in [0.2, 0.25) is 0 Å². The lowest BCUT2D eigenvalue weighted by Crippen LogP contribution is -2.52. The molecule has 1 aromatic heterocycles. The van der Waals surface area contributed by atoms with Gasteiger partial charge in [0.05, 0.1) is 10.5 Å². The van der Waals surface area contributed by atoms with Gasteiger partial charge in [-0.2, -0.15) is 0 Å². The highest BCUT2D eigenvalue weighted by molar-refractivity contribution is 5.61. The van der Waals surface area contributed by atoms with Crippen LogP contribution in [0.5, 0.6) is 0 Å². The molecule has 2 unspecified atom stereocenters. The van der Waals surface area contributed by atoms with E-state index in [4.69, 9.17) is 5.73 Å². The first-order valence-corrected chi connectivity index (χ1v) is 7.08. The molecule has 1 fully saturated rings. The predicted octanol–water partition coefficient (Wildman–Crippen LogP) is 2.62. The van der Waals surface area contributed by atoms with Crippen molar-refractivity contribution in [3.8, 4) is 0 Å². The lowest BCUT2D eigenvalue weighted by atomic mass is 9.73. The van der Waals surface area contributed by atoms with Crippen molar-refractivity contribution in [2.24, 2.45) is 11.7 Å². The highest BCUT2D eigenvalue weighted by Gasteiger charge is 2.38. The van der Waals surface area contributed by atoms with Crippen LogP contribution in [-0.2, 0) is 0 Å². The molecule has 1 saturated carbocycles. The number of hydrogen-bond donors (Lipinski definition) is 2. The minimum absolute atomic E-state index is 0.0538. The lowest BCUT2D eigenvalue weighted by Gasteiger charge is -2.42. The van der Waals surface area contributed by atoms with Crippen LogP contribution in [-0.4, -0.2) is 22.0 Å². The smallest absolute Gasteiger partial charge is 0.314 e. The summed E-state index contributed by atoms with van der Waals surface area (Å²) in [6.07, 6.45) is 5.89. The summed E-state index contributed by atoms with van der Waals surface area (Å²) in [4.78, 5) is 15.1. The summed E-state index contributed by atoms with van der Waals surface area (Å²) >= 11 is 0. The summed E-state index contributed by atoms with van der Waals surface area (Å²) in [6, 6.07) is 1.66. The Morgan fingerprint density at radius 3 is 2.95 bits per heavy atom. The highest BCUT2D eigenvalue weighted by atomic mass is 16.6. The Morgan fingerprint density at radius 2 is 2.35 bits per heavy atom. The van der Waals surface area contributed by atoms with Gasteiger partial charge < -0.3 is 11.1 Å². The van der Waals surface area contributed by atoms with Gasteiger partial charge in [-0.1, -0.05) is 19.8 Å². The Morgan fingerprint density at radius 1 is 1.60 bits per heavy atom. The lowest BCUT2D eigenvalue weighted by molar-refractivity contribution is -0.384. The zero-order chi connectivity index (χ0) is 14.8. The monoisotopic (exact) mass is 278 g/mol. The van der Waals surface area contributed by atoms with Crippen LogP contribution >= 0.6 is 0 Å². The third-order valence-electron chi connectivity index (χ3n) is 4.49. The van der Waals surface area contributed by atoms with Crippen molar-refractivity contribution in [3.05, 3.63) is 27.9 Å². The number of hydrogen-bond acceptors (Lipinski definition) is 5. The first-order chi connectivity index (χ1) is 9.50. The number of pyridine rings is 1. The van der Waals surface area contributed by atoms with E-state index in [9.17, 15) is 10.1 Å². The van der Waals surface area contributed by atoms with Crippen LogP contribution in [0.3, 0.4) is 0 Å². The van der Waals surface area contributed by atoms with E-state index in [2.05, 4.69) is 17.2 Å². The molecule has 0 radical (unpaired) electrons. The topological polar surface area (TPSA) is 94.1 Å². The third-order valence-corrected chi connectivity index (χ3v) is 4.49. The van der Waals surface area contributed by atoms with Crippen LogP contribution in [0.15, 0.2) is 12.3 Å². The summed E-state index contributed by atoms with van der Waals surface area (Å²) in [5.74, 6) is 0.720. The second kappa shape index (κ2) is 5.75. The van der Waals surface area contributed by atoms with Crippen LogP contribution in [0.25, 0.3) is 0 Å². The van der Waals surface area contributed by atoms with Gasteiger partial charge >= 0.3 is 5.69 Å². The van der Waals surface area contributed by atoms with Gasteiger partial charge in [-0.15, -0.1) is 0 Å². The number of aromatic nitrogens is 1. The molecule has 110 valence electrons. The molecule has 6 heteroatoms. The number of nitrogens with one attached hydrogen (secondary N) is 1. The van der Waals surface area contributed by atoms with Gasteiger partial charge in [0.25, 0.3) is 0 Å². The zero-order valence-electron chi connectivity index (χ0n) is 12.1. The van der Waals surface area contributed by atoms with E-state index in [1.165, 1.54) is 6.42 Å². The van der Waals surface area contributed by atoms with Crippen LogP contribution in [0.4, 0.5) is 11.5 Å². The maximum Gasteiger partial charge on any atom is 0.314 e. The molecule has 3 N–H and O–H groups in total. The fourth-order valence-corrected chi connectivity index (χ4v) is 3.06. The third kappa shape index (κ3) is 2.60. The largest absolute Gasteiger partial charge is 0.357 e. The molecule has 0 saturated heterocycles. The van der Waals surface area contributed by atoms with Crippen LogP contribution < -0.4 is 11.1 Å². The summed E-state index contributed by atoms with van der Waals surface area (Å²) in [5, 5.41) is 14.6. The summed E-state index contributed by atoms with van der Waals surface area (Å²) < 4.78 is 0. The second-order valence-corrected chi connectivity index (χ2v) is 5.71. The molecule has 0 amide bonds. The van der Waals surface area contributed by atoms with E-state index in [-0.39, 0.29) is 16.1 Å². The Kier molecular flexibility index (Phi) is 4.23. The molecule has 2 rings (SSSR count). The molecule has 0 bridgehead atoms. The second-order valence-electron chi connectivity index (χ2n) is 5.71. The summed E-state index contributed by atoms with van der Waals surface area (Å²) in [5.41, 5.74) is 6.36. The van der Waals surface area contributed by atoms with Crippen molar-refractivity contribution in [2.45, 2.75) is 45.1 Å². The molecule has 20 heavy (non-hydrogen) atoms. The molecule has 0 aromatic carbocycles. The average molecular weight is 278 g/mol. The van der Waals surface area contributed by atoms with Gasteiger partial charge in [0, 0.05) is 18.3 Å². The van der Waals surface area contributed by atoms with Gasteiger partial charge in [0.1, 0.15) is 0 Å². The SMILES string of the molecule is Cc1ccnc(NC2(CN)CCCCC2C)c1[N+](=O)[O-]. The van der Waals surface area contributed by atoms with Crippen LogP contribution in [0.1, 0.15) is 38.2 Å². The Bertz CT molecular complexity index is 506. The van der Waals surface area contributed by atoms with Crippen molar-refractivity contribution in [1.82, 2.24) is 4.98 Å². The van der Waals surface area contributed by atoms with Crippen molar-refractivity contribution in [2.75, 3.05) is 11.9 Å². The number of anilines is 1. The standard InChI is InChI=1S/C14H22N4O2/c1-10-6-8-16-13(12(10)18(19)20)17-14(9-15)7-4-3-5-11(14)2/h6,8,11H,3-5,7,9,15H2,1-2H3,(H,16,17). The molecule has 1 aliphatic carbocycles. The van der Waals surface area contributed by atoms with Gasteiger partial charge in [-0.3, -0.25) is 10.1 Å². The molecular weight excluding hydrogens is 256 g/mol. The number of nitrogens with two attached hydrogens (primary N) is 1. The number of rotatable bonds is 4. The molecule has 1 aromatic rings. The normalized spacial score (nSPS) is 26.2. The van der Waals surface area contributed by atoms with Gasteiger partial charge in [-0.25, -0.2) is 4.98 Å². The maximum absolute atomic E-state index is 11.3. The molecule has 6 nitrogen and oxygen atoms in total. The summed E-state index contributed by atoms with van der Waals surface area (Å²) in [6.45, 7) is 4.34. The minimum Gasteiger partial charge on any atom is -0.357 e. The first kappa shape index (κ1) is 14.7. The summed E-state index contributed by atoms with van der Waals surface area (Å²) in [7, 11) is 0. The van der Waals surface area contributed by atoms with Crippen molar-refractivity contribution in [1.29, 1.82) is 0 Å². The number of nitrogens with zero attached hydrogens (tertiary/aromatic N) is 2. The van der Waals surface area contributed by atoms with Crippen molar-refractivity contribution >= 4 is 11.5 Å². The average Bonchev–Trinajstić information content (AvgIpc) is 2.41. The van der Waals surface area contributed by atoms with E-state index in [0.29, 0.717) is 23.8 Å². The molecule has 0 spiro atoms. The predicted molar refractivity (Wildman–Crippen MR) is 78.7 cm³/mol. The van der Waals surface area contributed by atoms with Crippen molar-refractivity contribution in [3.63, 3.8) is 0 Å². The van der Waals surface area contributed by atoms with E-state index >= 15 is 0 Å². The van der Waals surface area contributed by atoms with E-state index in [1.807, 2.05) is 0 Å². The van der Waals surface area contributed by atoms with E-state index in [0.717, 1.165) is 19.3 Å². The fraction of sp³-hybridized carbons (Fsp3) is 0.643. The molecule has 1 aliphatic rings. The Hall–Kier alpha value is -1.69. The molecule has 2 atom stereocenters. The maximum atomic E-state index is 11.3. The van der Waals surface area contributed by atoms with Crippen LogP contribution in [0, 0.1) is 23.0 Å². The van der Waals surface area contributed by atoms with Gasteiger partial charge in [0.15, 0.2) is 0 Å². The molecular formula is C14H22N4O2. The quantitative estimate of drug-likeness (QED) is 0.652. The van der Waals surface area contributed by atoms with E-state index < -0.39 is 0 Å².